The van der Waals surface area contributed by atoms with Gasteiger partial charge in [0.25, 0.3) is 0 Å². The number of benzene rings is 1. The van der Waals surface area contributed by atoms with Gasteiger partial charge in [-0.15, -0.1) is 0 Å². The molecule has 1 saturated heterocycles. The highest BCUT2D eigenvalue weighted by atomic mass is 19.4. The summed E-state index contributed by atoms with van der Waals surface area (Å²) in [7, 11) is 0. The molecule has 0 saturated carbocycles. The van der Waals surface area contributed by atoms with E-state index >= 15 is 0 Å². The molecular weight excluding hydrogens is 307 g/mol. The second-order valence-electron chi connectivity index (χ2n) is 5.48. The average molecular weight is 329 g/mol. The van der Waals surface area contributed by atoms with E-state index in [1.807, 2.05) is 18.7 Å². The summed E-state index contributed by atoms with van der Waals surface area (Å²) >= 11 is 0. The van der Waals surface area contributed by atoms with Gasteiger partial charge in [0.15, 0.2) is 0 Å². The molecule has 0 unspecified atom stereocenters. The second-order valence-corrected chi connectivity index (χ2v) is 5.48. The van der Waals surface area contributed by atoms with E-state index in [-0.39, 0.29) is 6.03 Å². The zero-order chi connectivity index (χ0) is 17.0. The molecular formula is C16H22F3N3O. The Labute approximate surface area is 134 Å². The first-order valence-electron chi connectivity index (χ1n) is 7.82. The molecule has 2 rings (SSSR count). The minimum atomic E-state index is -4.34. The fourth-order valence-electron chi connectivity index (χ4n) is 2.73. The van der Waals surface area contributed by atoms with E-state index in [2.05, 4.69) is 0 Å². The lowest BCUT2D eigenvalue weighted by Crippen LogP contribution is -2.52. The number of hydrogen-bond acceptors (Lipinski definition) is 2. The van der Waals surface area contributed by atoms with Crippen molar-refractivity contribution in [3.63, 3.8) is 0 Å². The van der Waals surface area contributed by atoms with Crippen LogP contribution in [0.2, 0.25) is 0 Å². The molecule has 0 radical (unpaired) electrons. The Balaban J connectivity index is 2.01. The number of urea groups is 1. The molecule has 0 aromatic heterocycles. The Morgan fingerprint density at radius 3 is 2.26 bits per heavy atom. The van der Waals surface area contributed by atoms with Crippen LogP contribution in [0.3, 0.4) is 0 Å². The molecule has 0 aliphatic carbocycles. The number of hydrogen-bond donors (Lipinski definition) is 0. The molecule has 0 N–H and O–H groups in total. The van der Waals surface area contributed by atoms with Crippen LogP contribution in [0.1, 0.15) is 19.4 Å². The van der Waals surface area contributed by atoms with Crippen molar-refractivity contribution in [3.05, 3.63) is 29.8 Å². The summed E-state index contributed by atoms with van der Waals surface area (Å²) < 4.78 is 38.4. The van der Waals surface area contributed by atoms with Crippen LogP contribution < -0.4 is 4.90 Å². The van der Waals surface area contributed by atoms with E-state index in [0.29, 0.717) is 45.0 Å². The first-order valence-corrected chi connectivity index (χ1v) is 7.82. The molecule has 7 heteroatoms. The number of piperazine rings is 1. The number of anilines is 1. The maximum absolute atomic E-state index is 12.8. The summed E-state index contributed by atoms with van der Waals surface area (Å²) in [6.45, 7) is 7.28. The van der Waals surface area contributed by atoms with E-state index in [0.717, 1.165) is 6.07 Å². The van der Waals surface area contributed by atoms with Crippen LogP contribution in [0.15, 0.2) is 24.3 Å². The van der Waals surface area contributed by atoms with Crippen molar-refractivity contribution < 1.29 is 18.0 Å². The summed E-state index contributed by atoms with van der Waals surface area (Å²) in [5, 5.41) is 0. The molecule has 4 nitrogen and oxygen atoms in total. The van der Waals surface area contributed by atoms with Crippen molar-refractivity contribution in [1.29, 1.82) is 0 Å². The quantitative estimate of drug-likeness (QED) is 0.851. The normalized spacial score (nSPS) is 15.7. The van der Waals surface area contributed by atoms with Gasteiger partial charge in [0.2, 0.25) is 0 Å². The molecule has 0 atom stereocenters. The Hall–Kier alpha value is -1.92. The van der Waals surface area contributed by atoms with Crippen LogP contribution in [0, 0.1) is 0 Å². The molecule has 1 aromatic rings. The predicted octanol–water partition coefficient (Wildman–Crippen LogP) is 3.29. The van der Waals surface area contributed by atoms with E-state index in [1.165, 1.54) is 12.1 Å². The number of amides is 2. The van der Waals surface area contributed by atoms with Crippen molar-refractivity contribution in [1.82, 2.24) is 9.80 Å². The predicted molar refractivity (Wildman–Crippen MR) is 83.5 cm³/mol. The highest BCUT2D eigenvalue weighted by Crippen LogP contribution is 2.31. The van der Waals surface area contributed by atoms with Crippen molar-refractivity contribution in [2.24, 2.45) is 0 Å². The molecule has 1 aliphatic rings. The Morgan fingerprint density at radius 2 is 1.74 bits per heavy atom. The van der Waals surface area contributed by atoms with Gasteiger partial charge in [-0.3, -0.25) is 0 Å². The largest absolute Gasteiger partial charge is 0.416 e. The molecule has 128 valence electrons. The van der Waals surface area contributed by atoms with Crippen LogP contribution in [-0.4, -0.2) is 55.1 Å². The number of alkyl halides is 3. The molecule has 1 fully saturated rings. The topological polar surface area (TPSA) is 26.8 Å². The third kappa shape index (κ3) is 4.09. The Kier molecular flexibility index (Phi) is 5.38. The highest BCUT2D eigenvalue weighted by molar-refractivity contribution is 5.74. The van der Waals surface area contributed by atoms with Gasteiger partial charge in [-0.2, -0.15) is 13.2 Å². The van der Waals surface area contributed by atoms with Crippen molar-refractivity contribution in [2.75, 3.05) is 44.2 Å². The molecule has 0 spiro atoms. The van der Waals surface area contributed by atoms with Crippen LogP contribution in [0.25, 0.3) is 0 Å². The van der Waals surface area contributed by atoms with Gasteiger partial charge >= 0.3 is 12.2 Å². The summed E-state index contributed by atoms with van der Waals surface area (Å²) in [6.07, 6.45) is -4.34. The minimum Gasteiger partial charge on any atom is -0.368 e. The van der Waals surface area contributed by atoms with Crippen molar-refractivity contribution >= 4 is 11.7 Å². The van der Waals surface area contributed by atoms with Crippen molar-refractivity contribution in [3.8, 4) is 0 Å². The number of nitrogens with zero attached hydrogens (tertiary/aromatic N) is 3. The fourth-order valence-corrected chi connectivity index (χ4v) is 2.73. The number of carbonyl (C=O) groups is 1. The summed E-state index contributed by atoms with van der Waals surface area (Å²) in [5.74, 6) is 0. The van der Waals surface area contributed by atoms with Gasteiger partial charge in [0, 0.05) is 45.0 Å². The fraction of sp³-hybridized carbons (Fsp3) is 0.562. The van der Waals surface area contributed by atoms with Gasteiger partial charge in [0.05, 0.1) is 5.56 Å². The van der Waals surface area contributed by atoms with Gasteiger partial charge in [-0.1, -0.05) is 6.07 Å². The maximum atomic E-state index is 12.8. The third-order valence-corrected chi connectivity index (χ3v) is 4.12. The van der Waals surface area contributed by atoms with E-state index in [4.69, 9.17) is 0 Å². The van der Waals surface area contributed by atoms with Crippen LogP contribution in [0.5, 0.6) is 0 Å². The Bertz CT molecular complexity index is 536. The molecule has 2 amide bonds. The average Bonchev–Trinajstić information content (AvgIpc) is 2.55. The van der Waals surface area contributed by atoms with Crippen molar-refractivity contribution in [2.45, 2.75) is 20.0 Å². The van der Waals surface area contributed by atoms with Gasteiger partial charge in [-0.25, -0.2) is 4.79 Å². The van der Waals surface area contributed by atoms with Crippen LogP contribution in [0.4, 0.5) is 23.7 Å². The molecule has 1 aliphatic heterocycles. The lowest BCUT2D eigenvalue weighted by atomic mass is 10.1. The molecule has 23 heavy (non-hydrogen) atoms. The zero-order valence-electron chi connectivity index (χ0n) is 13.4. The first kappa shape index (κ1) is 17.4. The maximum Gasteiger partial charge on any atom is 0.416 e. The first-order chi connectivity index (χ1) is 10.9. The summed E-state index contributed by atoms with van der Waals surface area (Å²) in [5.41, 5.74) is -0.0913. The molecule has 0 bridgehead atoms. The standard InChI is InChI=1S/C16H22F3N3O/c1-3-20(4-2)15(23)22-10-8-21(9-11-22)14-7-5-6-13(12-14)16(17,18)19/h5-7,12H,3-4,8-11H2,1-2H3. The third-order valence-electron chi connectivity index (χ3n) is 4.12. The van der Waals surface area contributed by atoms with Gasteiger partial charge in [0.1, 0.15) is 0 Å². The van der Waals surface area contributed by atoms with Gasteiger partial charge in [-0.05, 0) is 32.0 Å². The Morgan fingerprint density at radius 1 is 1.13 bits per heavy atom. The number of carbonyl (C=O) groups excluding carboxylic acids is 1. The van der Waals surface area contributed by atoms with E-state index < -0.39 is 11.7 Å². The zero-order valence-corrected chi connectivity index (χ0v) is 13.4. The highest BCUT2D eigenvalue weighted by Gasteiger charge is 2.31. The van der Waals surface area contributed by atoms with Crippen LogP contribution in [-0.2, 0) is 6.18 Å². The molecule has 1 heterocycles. The lowest BCUT2D eigenvalue weighted by Gasteiger charge is -2.38. The summed E-state index contributed by atoms with van der Waals surface area (Å²) in [4.78, 5) is 17.7. The molecule has 1 aromatic carbocycles. The van der Waals surface area contributed by atoms with E-state index in [9.17, 15) is 18.0 Å². The number of rotatable bonds is 3. The lowest BCUT2D eigenvalue weighted by molar-refractivity contribution is -0.137. The monoisotopic (exact) mass is 329 g/mol. The smallest absolute Gasteiger partial charge is 0.368 e. The summed E-state index contributed by atoms with van der Waals surface area (Å²) in [6, 6.07) is 5.34. The minimum absolute atomic E-state index is 0.00121. The number of halogens is 3. The van der Waals surface area contributed by atoms with E-state index in [1.54, 1.807) is 15.9 Å². The second kappa shape index (κ2) is 7.10. The SMILES string of the molecule is CCN(CC)C(=O)N1CCN(c2cccc(C(F)(F)F)c2)CC1. The van der Waals surface area contributed by atoms with Crippen LogP contribution >= 0.6 is 0 Å². The van der Waals surface area contributed by atoms with Gasteiger partial charge < -0.3 is 14.7 Å².